The minimum atomic E-state index is -4.58. The zero-order valence-electron chi connectivity index (χ0n) is 24.3. The first kappa shape index (κ1) is 34.8. The highest BCUT2D eigenvalue weighted by molar-refractivity contribution is 5.92. The molecule has 1 heterocycles. The Balaban J connectivity index is 1.94. The van der Waals surface area contributed by atoms with Crippen LogP contribution in [-0.2, 0) is 36.5 Å². The van der Waals surface area contributed by atoms with Gasteiger partial charge in [-0.25, -0.2) is 10.3 Å². The van der Waals surface area contributed by atoms with Crippen molar-refractivity contribution in [1.29, 1.82) is 0 Å². The summed E-state index contributed by atoms with van der Waals surface area (Å²) < 4.78 is 45.9. The smallest absolute Gasteiger partial charge is 0.417 e. The number of halogens is 3. The first-order chi connectivity index (χ1) is 21.4. The summed E-state index contributed by atoms with van der Waals surface area (Å²) in [6.45, 7) is -0.313. The fourth-order valence-corrected chi connectivity index (χ4v) is 5.10. The molecule has 3 rings (SSSR count). The Morgan fingerprint density at radius 2 is 1.69 bits per heavy atom. The largest absolute Gasteiger partial charge is 0.450 e. The Hall–Kier alpha value is -4.66. The molecule has 45 heavy (non-hydrogen) atoms. The maximum atomic E-state index is 13.8. The number of alkyl halides is 3. The summed E-state index contributed by atoms with van der Waals surface area (Å²) in [5.74, 6) is -5.42. The number of benzene rings is 2. The Bertz CT molecular complexity index is 1350. The van der Waals surface area contributed by atoms with Crippen molar-refractivity contribution in [2.24, 2.45) is 17.6 Å². The molecular weight excluding hydrogens is 599 g/mol. The molecule has 15 heteroatoms. The van der Waals surface area contributed by atoms with Crippen LogP contribution in [0.2, 0.25) is 0 Å². The molecular formula is C30H36F3N5O7. The fraction of sp³-hybridized carbons (Fsp3) is 0.433. The van der Waals surface area contributed by atoms with E-state index in [1.807, 2.05) is 0 Å². The van der Waals surface area contributed by atoms with Crippen LogP contribution in [0.3, 0.4) is 0 Å². The van der Waals surface area contributed by atoms with E-state index in [9.17, 15) is 42.4 Å². The molecule has 2 aromatic carbocycles. The van der Waals surface area contributed by atoms with Crippen molar-refractivity contribution in [3.8, 4) is 11.1 Å². The number of primary amides is 1. The summed E-state index contributed by atoms with van der Waals surface area (Å²) >= 11 is 0. The van der Waals surface area contributed by atoms with Crippen molar-refractivity contribution in [1.82, 2.24) is 21.4 Å². The van der Waals surface area contributed by atoms with E-state index in [1.54, 1.807) is 5.48 Å². The van der Waals surface area contributed by atoms with Crippen LogP contribution in [0.4, 0.5) is 18.0 Å². The van der Waals surface area contributed by atoms with Crippen molar-refractivity contribution in [3.05, 3.63) is 59.7 Å². The first-order valence-corrected chi connectivity index (χ1v) is 14.4. The summed E-state index contributed by atoms with van der Waals surface area (Å²) in [7, 11) is 0. The SMILES string of the molecule is NC(=O)CNC(=O)[C@@H]1CCCCNC(=O)OCCC[C@H](C(=O)NO)[C@@H](Cc2ccc(-c3ccccc3C(F)(F)F)cc2)C(=O)N1. The maximum absolute atomic E-state index is 13.8. The van der Waals surface area contributed by atoms with Gasteiger partial charge < -0.3 is 26.4 Å². The summed E-state index contributed by atoms with van der Waals surface area (Å²) in [6.07, 6.45) is -4.28. The molecule has 0 unspecified atom stereocenters. The van der Waals surface area contributed by atoms with E-state index in [0.29, 0.717) is 18.4 Å². The second-order valence-corrected chi connectivity index (χ2v) is 10.6. The monoisotopic (exact) mass is 635 g/mol. The Labute approximate surface area is 257 Å². The van der Waals surface area contributed by atoms with Crippen LogP contribution in [0, 0.1) is 11.8 Å². The number of cyclic esters (lactones) is 1. The summed E-state index contributed by atoms with van der Waals surface area (Å²) in [5.41, 5.74) is 6.63. The molecule has 1 saturated heterocycles. The zero-order valence-corrected chi connectivity index (χ0v) is 24.3. The quantitative estimate of drug-likeness (QED) is 0.199. The molecule has 2 aromatic rings. The van der Waals surface area contributed by atoms with Crippen molar-refractivity contribution in [2.45, 2.75) is 50.7 Å². The van der Waals surface area contributed by atoms with E-state index >= 15 is 0 Å². The number of hydrogen-bond acceptors (Lipinski definition) is 7. The third-order valence-corrected chi connectivity index (χ3v) is 7.37. The number of hydroxylamine groups is 1. The molecule has 0 aromatic heterocycles. The Morgan fingerprint density at radius 3 is 2.36 bits per heavy atom. The third-order valence-electron chi connectivity index (χ3n) is 7.37. The van der Waals surface area contributed by atoms with E-state index in [4.69, 9.17) is 10.5 Å². The second kappa shape index (κ2) is 16.4. The van der Waals surface area contributed by atoms with Gasteiger partial charge in [0.1, 0.15) is 6.04 Å². The van der Waals surface area contributed by atoms with Gasteiger partial charge >= 0.3 is 12.3 Å². The molecule has 0 radical (unpaired) electrons. The average molecular weight is 636 g/mol. The van der Waals surface area contributed by atoms with Crippen LogP contribution in [0.5, 0.6) is 0 Å². The molecule has 1 aliphatic heterocycles. The Kier molecular flexibility index (Phi) is 12.7. The summed E-state index contributed by atoms with van der Waals surface area (Å²) in [5, 5.41) is 17.1. The number of ether oxygens (including phenoxy) is 1. The molecule has 12 nitrogen and oxygen atoms in total. The molecule has 0 aliphatic carbocycles. The van der Waals surface area contributed by atoms with E-state index in [2.05, 4.69) is 16.0 Å². The highest BCUT2D eigenvalue weighted by Gasteiger charge is 2.36. The van der Waals surface area contributed by atoms with E-state index in [1.165, 1.54) is 42.5 Å². The first-order valence-electron chi connectivity index (χ1n) is 14.4. The van der Waals surface area contributed by atoms with Crippen molar-refractivity contribution in [2.75, 3.05) is 19.7 Å². The van der Waals surface area contributed by atoms with Crippen molar-refractivity contribution < 1.29 is 47.1 Å². The molecule has 3 atom stereocenters. The summed E-state index contributed by atoms with van der Waals surface area (Å²) in [4.78, 5) is 62.7. The average Bonchev–Trinajstić information content (AvgIpc) is 3.01. The molecule has 0 bridgehead atoms. The van der Waals surface area contributed by atoms with Crippen LogP contribution in [0.25, 0.3) is 11.1 Å². The molecule has 7 N–H and O–H groups in total. The molecule has 244 valence electrons. The number of carbonyl (C=O) groups is 5. The lowest BCUT2D eigenvalue weighted by molar-refractivity contribution is -0.141. The van der Waals surface area contributed by atoms with Crippen LogP contribution in [0.15, 0.2) is 48.5 Å². The number of carbonyl (C=O) groups excluding carboxylic acids is 5. The van der Waals surface area contributed by atoms with Gasteiger partial charge in [0.25, 0.3) is 0 Å². The van der Waals surface area contributed by atoms with Gasteiger partial charge in [-0.15, -0.1) is 0 Å². The normalized spacial score (nSPS) is 20.3. The molecule has 1 fully saturated rings. The Morgan fingerprint density at radius 1 is 0.978 bits per heavy atom. The van der Waals surface area contributed by atoms with Crippen LogP contribution < -0.4 is 27.2 Å². The van der Waals surface area contributed by atoms with Gasteiger partial charge in [0, 0.05) is 6.54 Å². The van der Waals surface area contributed by atoms with E-state index in [0.717, 1.165) is 6.07 Å². The van der Waals surface area contributed by atoms with Gasteiger partial charge in [-0.05, 0) is 61.3 Å². The van der Waals surface area contributed by atoms with E-state index in [-0.39, 0.29) is 50.0 Å². The predicted octanol–water partition coefficient (Wildman–Crippen LogP) is 2.43. The fourth-order valence-electron chi connectivity index (χ4n) is 5.10. The third kappa shape index (κ3) is 10.5. The highest BCUT2D eigenvalue weighted by atomic mass is 19.4. The molecule has 1 aliphatic rings. The lowest BCUT2D eigenvalue weighted by Crippen LogP contribution is -2.52. The summed E-state index contributed by atoms with van der Waals surface area (Å²) in [6, 6.07) is 9.98. The van der Waals surface area contributed by atoms with Crippen LogP contribution >= 0.6 is 0 Å². The predicted molar refractivity (Wildman–Crippen MR) is 154 cm³/mol. The van der Waals surface area contributed by atoms with Gasteiger partial charge in [-0.1, -0.05) is 42.5 Å². The number of amides is 5. The molecule has 0 saturated carbocycles. The maximum Gasteiger partial charge on any atom is 0.417 e. The number of nitrogens with two attached hydrogens (primary N) is 1. The molecule has 5 amide bonds. The standard InChI is InChI=1S/C30H36F3N5O7/c31-30(32,33)23-8-2-1-6-20(23)19-12-10-18(11-13-19)16-22-21(27(41)38-44)7-5-15-45-29(43)35-14-4-3-9-24(37-26(22)40)28(42)36-17-25(34)39/h1-2,6,8,10-13,21-22,24,44H,3-5,7,9,14-17H2,(H2,34,39)(H,35,43)(H,36,42)(H,37,40)(H,38,41)/t21-,22+,24-/m0/s1. The number of nitrogens with one attached hydrogen (secondary N) is 4. The second-order valence-electron chi connectivity index (χ2n) is 10.6. The van der Waals surface area contributed by atoms with Gasteiger partial charge in [-0.2, -0.15) is 13.2 Å². The van der Waals surface area contributed by atoms with E-state index < -0.39 is 65.9 Å². The highest BCUT2D eigenvalue weighted by Crippen LogP contribution is 2.37. The zero-order chi connectivity index (χ0) is 33.0. The van der Waals surface area contributed by atoms with Crippen molar-refractivity contribution >= 4 is 29.7 Å². The number of hydrogen-bond donors (Lipinski definition) is 6. The molecule has 0 spiro atoms. The van der Waals surface area contributed by atoms with Gasteiger partial charge in [0.15, 0.2) is 0 Å². The van der Waals surface area contributed by atoms with Crippen LogP contribution in [0.1, 0.15) is 43.2 Å². The number of alkyl carbamates (subject to hydrolysis) is 1. The van der Waals surface area contributed by atoms with Crippen molar-refractivity contribution in [3.63, 3.8) is 0 Å². The number of rotatable bonds is 7. The van der Waals surface area contributed by atoms with Gasteiger partial charge in [0.2, 0.25) is 23.6 Å². The lowest BCUT2D eigenvalue weighted by Gasteiger charge is -2.27. The van der Waals surface area contributed by atoms with Gasteiger partial charge in [0.05, 0.1) is 30.6 Å². The van der Waals surface area contributed by atoms with Crippen LogP contribution in [-0.4, -0.2) is 60.7 Å². The topological polar surface area (TPSA) is 189 Å². The lowest BCUT2D eigenvalue weighted by atomic mass is 9.82. The minimum absolute atomic E-state index is 0.00661. The van der Waals surface area contributed by atoms with Gasteiger partial charge in [-0.3, -0.25) is 24.4 Å². The minimum Gasteiger partial charge on any atom is -0.450 e.